The number of aliphatic hydroxyl groups excluding tert-OH is 1. The minimum absolute atomic E-state index is 0.409. The van der Waals surface area contributed by atoms with Crippen molar-refractivity contribution in [3.05, 3.63) is 39.8 Å². The summed E-state index contributed by atoms with van der Waals surface area (Å²) in [5.74, 6) is 0. The molecule has 3 nitrogen and oxygen atoms in total. The molecule has 0 aliphatic heterocycles. The zero-order chi connectivity index (χ0) is 11.5. The first-order valence-corrected chi connectivity index (χ1v) is 6.30. The normalized spacial score (nSPS) is 12.9. The van der Waals surface area contributed by atoms with Gasteiger partial charge in [0, 0.05) is 18.8 Å². The minimum Gasteiger partial charge on any atom is -0.388 e. The van der Waals surface area contributed by atoms with Crippen molar-refractivity contribution in [2.75, 3.05) is 0 Å². The van der Waals surface area contributed by atoms with E-state index in [1.165, 1.54) is 5.56 Å². The third-order valence-corrected chi connectivity index (χ3v) is 3.43. The monoisotopic (exact) mass is 236 g/mol. The van der Waals surface area contributed by atoms with Crippen molar-refractivity contribution in [2.45, 2.75) is 25.9 Å². The zero-order valence-corrected chi connectivity index (χ0v) is 10.4. The standard InChI is InChI=1S/C12H16N2OS/c1-9-11(7-14(2)13-9)12(15)4-3-10-5-6-16-8-10/h5-8,12,15H,3-4H2,1-2H3. The Balaban J connectivity index is 1.98. The molecule has 16 heavy (non-hydrogen) atoms. The smallest absolute Gasteiger partial charge is 0.0826 e. The average Bonchev–Trinajstić information content (AvgIpc) is 2.84. The third kappa shape index (κ3) is 2.51. The van der Waals surface area contributed by atoms with Crippen LogP contribution in [0.25, 0.3) is 0 Å². The Morgan fingerprint density at radius 2 is 2.38 bits per heavy atom. The first-order chi connectivity index (χ1) is 7.66. The van der Waals surface area contributed by atoms with Crippen molar-refractivity contribution in [1.29, 1.82) is 0 Å². The molecule has 1 unspecified atom stereocenters. The highest BCUT2D eigenvalue weighted by Crippen LogP contribution is 2.21. The van der Waals surface area contributed by atoms with E-state index in [9.17, 15) is 5.11 Å². The van der Waals surface area contributed by atoms with E-state index in [1.54, 1.807) is 16.0 Å². The van der Waals surface area contributed by atoms with Crippen LogP contribution in [0.5, 0.6) is 0 Å². The van der Waals surface area contributed by atoms with Crippen LogP contribution in [0.15, 0.2) is 23.0 Å². The van der Waals surface area contributed by atoms with E-state index in [0.717, 1.165) is 24.1 Å². The topological polar surface area (TPSA) is 38.0 Å². The van der Waals surface area contributed by atoms with Crippen molar-refractivity contribution >= 4 is 11.3 Å². The summed E-state index contributed by atoms with van der Waals surface area (Å²) in [6, 6.07) is 2.10. The Bertz CT molecular complexity index is 448. The molecule has 0 radical (unpaired) electrons. The molecule has 0 saturated carbocycles. The molecular formula is C12H16N2OS. The van der Waals surface area contributed by atoms with E-state index < -0.39 is 6.10 Å². The summed E-state index contributed by atoms with van der Waals surface area (Å²) in [6.45, 7) is 1.93. The molecule has 0 amide bonds. The maximum atomic E-state index is 10.1. The minimum atomic E-state index is -0.409. The molecule has 2 heterocycles. The lowest BCUT2D eigenvalue weighted by Crippen LogP contribution is -1.99. The summed E-state index contributed by atoms with van der Waals surface area (Å²) in [4.78, 5) is 0. The van der Waals surface area contributed by atoms with Crippen LogP contribution in [0.3, 0.4) is 0 Å². The van der Waals surface area contributed by atoms with Crippen molar-refractivity contribution in [3.8, 4) is 0 Å². The lowest BCUT2D eigenvalue weighted by molar-refractivity contribution is 0.167. The van der Waals surface area contributed by atoms with Crippen molar-refractivity contribution in [2.24, 2.45) is 7.05 Å². The number of hydrogen-bond donors (Lipinski definition) is 1. The summed E-state index contributed by atoms with van der Waals surface area (Å²) < 4.78 is 1.75. The van der Waals surface area contributed by atoms with Crippen LogP contribution >= 0.6 is 11.3 Å². The molecule has 0 bridgehead atoms. The van der Waals surface area contributed by atoms with Gasteiger partial charge in [0.25, 0.3) is 0 Å². The fourth-order valence-corrected chi connectivity index (χ4v) is 2.54. The van der Waals surface area contributed by atoms with Crippen molar-refractivity contribution in [1.82, 2.24) is 9.78 Å². The molecule has 0 spiro atoms. The summed E-state index contributed by atoms with van der Waals surface area (Å²) >= 11 is 1.70. The molecule has 0 fully saturated rings. The summed E-state index contributed by atoms with van der Waals surface area (Å²) in [5, 5.41) is 18.5. The molecule has 1 N–H and O–H groups in total. The van der Waals surface area contributed by atoms with E-state index in [1.807, 2.05) is 20.2 Å². The van der Waals surface area contributed by atoms with Gasteiger partial charge in [0.1, 0.15) is 0 Å². The highest BCUT2D eigenvalue weighted by molar-refractivity contribution is 7.07. The fourth-order valence-electron chi connectivity index (χ4n) is 1.84. The number of thiophene rings is 1. The summed E-state index contributed by atoms with van der Waals surface area (Å²) in [6.07, 6.45) is 3.16. The highest BCUT2D eigenvalue weighted by atomic mass is 32.1. The van der Waals surface area contributed by atoms with E-state index in [0.29, 0.717) is 0 Å². The Morgan fingerprint density at radius 1 is 1.56 bits per heavy atom. The van der Waals surface area contributed by atoms with Gasteiger partial charge in [-0.2, -0.15) is 16.4 Å². The van der Waals surface area contributed by atoms with Gasteiger partial charge < -0.3 is 5.11 Å². The Hall–Kier alpha value is -1.13. The molecule has 0 saturated heterocycles. The number of aryl methyl sites for hydroxylation is 3. The van der Waals surface area contributed by atoms with Crippen LogP contribution < -0.4 is 0 Å². The quantitative estimate of drug-likeness (QED) is 0.885. The second kappa shape index (κ2) is 4.80. The molecule has 2 rings (SSSR count). The van der Waals surface area contributed by atoms with Gasteiger partial charge in [0.2, 0.25) is 0 Å². The Kier molecular flexibility index (Phi) is 3.41. The molecule has 0 aromatic carbocycles. The van der Waals surface area contributed by atoms with Crippen LogP contribution in [0, 0.1) is 6.92 Å². The summed E-state index contributed by atoms with van der Waals surface area (Å²) in [7, 11) is 1.88. The highest BCUT2D eigenvalue weighted by Gasteiger charge is 2.13. The van der Waals surface area contributed by atoms with Gasteiger partial charge in [-0.15, -0.1) is 0 Å². The molecule has 4 heteroatoms. The SMILES string of the molecule is Cc1nn(C)cc1C(O)CCc1ccsc1. The Morgan fingerprint density at radius 3 is 2.94 bits per heavy atom. The second-order valence-electron chi connectivity index (χ2n) is 4.03. The van der Waals surface area contributed by atoms with E-state index >= 15 is 0 Å². The van der Waals surface area contributed by atoms with Gasteiger partial charge in [0.15, 0.2) is 0 Å². The van der Waals surface area contributed by atoms with Gasteiger partial charge >= 0.3 is 0 Å². The van der Waals surface area contributed by atoms with Crippen molar-refractivity contribution in [3.63, 3.8) is 0 Å². The maximum Gasteiger partial charge on any atom is 0.0826 e. The van der Waals surface area contributed by atoms with Crippen LogP contribution in [-0.4, -0.2) is 14.9 Å². The number of hydrogen-bond acceptors (Lipinski definition) is 3. The maximum absolute atomic E-state index is 10.1. The lowest BCUT2D eigenvalue weighted by atomic mass is 10.0. The molecule has 86 valence electrons. The fraction of sp³-hybridized carbons (Fsp3) is 0.417. The molecule has 2 aromatic rings. The lowest BCUT2D eigenvalue weighted by Gasteiger charge is -2.08. The van der Waals surface area contributed by atoms with Crippen LogP contribution in [0.2, 0.25) is 0 Å². The van der Waals surface area contributed by atoms with Gasteiger partial charge in [-0.05, 0) is 42.2 Å². The van der Waals surface area contributed by atoms with Crippen LogP contribution in [0.1, 0.15) is 29.3 Å². The predicted molar refractivity (Wildman–Crippen MR) is 65.5 cm³/mol. The number of aliphatic hydroxyl groups is 1. The predicted octanol–water partition coefficient (Wildman–Crippen LogP) is 2.46. The first kappa shape index (κ1) is 11.4. The first-order valence-electron chi connectivity index (χ1n) is 5.36. The van der Waals surface area contributed by atoms with Gasteiger partial charge in [0.05, 0.1) is 11.8 Å². The van der Waals surface area contributed by atoms with E-state index in [4.69, 9.17) is 0 Å². The summed E-state index contributed by atoms with van der Waals surface area (Å²) in [5.41, 5.74) is 3.16. The van der Waals surface area contributed by atoms with Gasteiger partial charge in [-0.25, -0.2) is 0 Å². The number of aromatic nitrogens is 2. The third-order valence-electron chi connectivity index (χ3n) is 2.70. The molecule has 0 aliphatic rings. The van der Waals surface area contributed by atoms with Gasteiger partial charge in [-0.3, -0.25) is 4.68 Å². The molecule has 0 aliphatic carbocycles. The van der Waals surface area contributed by atoms with Crippen LogP contribution in [-0.2, 0) is 13.5 Å². The van der Waals surface area contributed by atoms with E-state index in [-0.39, 0.29) is 0 Å². The number of nitrogens with zero attached hydrogens (tertiary/aromatic N) is 2. The van der Waals surface area contributed by atoms with E-state index in [2.05, 4.69) is 21.9 Å². The van der Waals surface area contributed by atoms with Gasteiger partial charge in [-0.1, -0.05) is 0 Å². The average molecular weight is 236 g/mol. The second-order valence-corrected chi connectivity index (χ2v) is 4.81. The zero-order valence-electron chi connectivity index (χ0n) is 9.55. The van der Waals surface area contributed by atoms with Crippen molar-refractivity contribution < 1.29 is 5.11 Å². The molecule has 1 atom stereocenters. The molecular weight excluding hydrogens is 220 g/mol. The number of rotatable bonds is 4. The molecule has 2 aromatic heterocycles. The Labute approximate surface area is 99.4 Å². The largest absolute Gasteiger partial charge is 0.388 e. The van der Waals surface area contributed by atoms with Crippen LogP contribution in [0.4, 0.5) is 0 Å².